The molecule has 4 heterocycles. The normalized spacial score (nSPS) is 16.5. The van der Waals surface area contributed by atoms with E-state index in [1.165, 1.54) is 27.6 Å². The van der Waals surface area contributed by atoms with Crippen LogP contribution in [-0.4, -0.2) is 44.8 Å². The van der Waals surface area contributed by atoms with Crippen molar-refractivity contribution in [2.45, 2.75) is 32.9 Å². The van der Waals surface area contributed by atoms with E-state index in [0.717, 1.165) is 17.7 Å². The molecule has 10 heteroatoms. The highest BCUT2D eigenvalue weighted by Gasteiger charge is 2.32. The molecule has 3 aromatic carbocycles. The number of urea groups is 1. The van der Waals surface area contributed by atoms with E-state index in [1.54, 1.807) is 48.8 Å². The Kier molecular flexibility index (Phi) is 7.09. The lowest BCUT2D eigenvalue weighted by Crippen LogP contribution is -2.46. The third kappa shape index (κ3) is 5.31. The molecule has 226 valence electrons. The number of fused-ring (bicyclic) bond motifs is 2. The van der Waals surface area contributed by atoms with Gasteiger partial charge in [0, 0.05) is 36.2 Å². The summed E-state index contributed by atoms with van der Waals surface area (Å²) in [7, 11) is 0. The van der Waals surface area contributed by atoms with Gasteiger partial charge in [-0.25, -0.2) is 9.80 Å². The van der Waals surface area contributed by atoms with E-state index in [2.05, 4.69) is 29.5 Å². The van der Waals surface area contributed by atoms with E-state index in [-0.39, 0.29) is 24.5 Å². The molecule has 1 atom stereocenters. The van der Waals surface area contributed by atoms with Crippen LogP contribution in [-0.2, 0) is 13.0 Å². The van der Waals surface area contributed by atoms with E-state index in [0.29, 0.717) is 46.2 Å². The summed E-state index contributed by atoms with van der Waals surface area (Å²) in [6.45, 7) is 4.46. The maximum atomic E-state index is 14.3. The van der Waals surface area contributed by atoms with Crippen LogP contribution in [0.25, 0.3) is 5.70 Å². The monoisotopic (exact) mass is 601 g/mol. The average molecular weight is 602 g/mol. The van der Waals surface area contributed by atoms with Crippen LogP contribution in [0.4, 0.5) is 16.2 Å². The highest BCUT2D eigenvalue weighted by Crippen LogP contribution is 2.39. The summed E-state index contributed by atoms with van der Waals surface area (Å²) in [6.07, 6.45) is 7.57. The molecular weight excluding hydrogens is 570 g/mol. The van der Waals surface area contributed by atoms with Gasteiger partial charge < -0.3 is 19.5 Å². The number of anilines is 2. The van der Waals surface area contributed by atoms with E-state index in [1.807, 2.05) is 36.1 Å². The van der Waals surface area contributed by atoms with E-state index in [9.17, 15) is 14.7 Å². The highest BCUT2D eigenvalue weighted by molar-refractivity contribution is 6.02. The lowest BCUT2D eigenvalue weighted by Gasteiger charge is -2.36. The molecule has 0 spiro atoms. The number of nitrogens with one attached hydrogen (secondary N) is 1. The van der Waals surface area contributed by atoms with Crippen LogP contribution in [0.5, 0.6) is 17.2 Å². The predicted molar refractivity (Wildman–Crippen MR) is 169 cm³/mol. The summed E-state index contributed by atoms with van der Waals surface area (Å²) in [6, 6.07) is 21.2. The summed E-state index contributed by atoms with van der Waals surface area (Å²) in [5.74, 6) is 0.966. The molecule has 0 bridgehead atoms. The first kappa shape index (κ1) is 28.0. The molecule has 0 unspecified atom stereocenters. The van der Waals surface area contributed by atoms with Crippen LogP contribution in [0.2, 0.25) is 0 Å². The summed E-state index contributed by atoms with van der Waals surface area (Å²) in [5.41, 5.74) is 9.03. The lowest BCUT2D eigenvalue weighted by atomic mass is 9.93. The molecule has 3 aliphatic rings. The smallest absolute Gasteiger partial charge is 0.351 e. The number of hydrogen-bond donors (Lipinski definition) is 2. The number of hydrogen-bond acceptors (Lipinski definition) is 7. The van der Waals surface area contributed by atoms with Gasteiger partial charge in [0.2, 0.25) is 6.79 Å². The largest absolute Gasteiger partial charge is 0.508 e. The number of aryl methyl sites for hydroxylation is 1. The van der Waals surface area contributed by atoms with Gasteiger partial charge >= 0.3 is 6.03 Å². The molecular formula is C35H31N5O5. The fourth-order valence-corrected chi connectivity index (χ4v) is 5.89. The molecule has 7 rings (SSSR count). The van der Waals surface area contributed by atoms with Gasteiger partial charge in [0.1, 0.15) is 5.75 Å². The maximum Gasteiger partial charge on any atom is 0.351 e. The summed E-state index contributed by atoms with van der Waals surface area (Å²) >= 11 is 0. The number of carbonyl (C=O) groups is 2. The van der Waals surface area contributed by atoms with Gasteiger partial charge in [-0.1, -0.05) is 24.3 Å². The van der Waals surface area contributed by atoms with Gasteiger partial charge in [-0.15, -0.1) is 0 Å². The van der Waals surface area contributed by atoms with Crippen molar-refractivity contribution in [3.8, 4) is 17.2 Å². The zero-order valence-corrected chi connectivity index (χ0v) is 24.8. The van der Waals surface area contributed by atoms with Crippen molar-refractivity contribution in [1.82, 2.24) is 20.3 Å². The van der Waals surface area contributed by atoms with Crippen LogP contribution in [0, 0.1) is 6.92 Å². The minimum Gasteiger partial charge on any atom is -0.508 e. The zero-order valence-electron chi connectivity index (χ0n) is 24.8. The number of aromatic nitrogens is 1. The van der Waals surface area contributed by atoms with Crippen molar-refractivity contribution in [1.29, 1.82) is 0 Å². The molecule has 0 aliphatic carbocycles. The first-order valence-corrected chi connectivity index (χ1v) is 14.7. The van der Waals surface area contributed by atoms with Gasteiger partial charge in [-0.2, -0.15) is 0 Å². The number of hydrazine groups is 1. The van der Waals surface area contributed by atoms with Gasteiger partial charge in [0.15, 0.2) is 11.5 Å². The van der Waals surface area contributed by atoms with Crippen molar-refractivity contribution in [3.63, 3.8) is 0 Å². The molecule has 4 aromatic rings. The Balaban J connectivity index is 1.23. The Morgan fingerprint density at radius 1 is 0.978 bits per heavy atom. The minimum absolute atomic E-state index is 0.0142. The van der Waals surface area contributed by atoms with Crippen LogP contribution in [0.1, 0.15) is 39.7 Å². The second kappa shape index (κ2) is 11.4. The van der Waals surface area contributed by atoms with Crippen molar-refractivity contribution >= 4 is 29.0 Å². The molecule has 0 saturated heterocycles. The average Bonchev–Trinajstić information content (AvgIpc) is 3.52. The van der Waals surface area contributed by atoms with Crippen LogP contribution >= 0.6 is 0 Å². The molecule has 10 nitrogen and oxygen atoms in total. The number of allylic oxidation sites excluding steroid dienone is 2. The fourth-order valence-electron chi connectivity index (χ4n) is 5.89. The molecule has 1 aromatic heterocycles. The number of rotatable bonds is 4. The first-order chi connectivity index (χ1) is 21.9. The number of phenolic OH excluding ortho intramolecular Hbond substituents is 1. The number of carbonyl (C=O) groups excluding carboxylic acids is 2. The Labute approximate surface area is 260 Å². The molecule has 2 N–H and O–H groups in total. The zero-order chi connectivity index (χ0) is 31.1. The predicted octanol–water partition coefficient (Wildman–Crippen LogP) is 6.04. The molecule has 0 radical (unpaired) electrons. The Morgan fingerprint density at radius 2 is 1.73 bits per heavy atom. The Morgan fingerprint density at radius 3 is 2.51 bits per heavy atom. The minimum atomic E-state index is -0.414. The first-order valence-electron chi connectivity index (χ1n) is 14.7. The van der Waals surface area contributed by atoms with E-state index in [4.69, 9.17) is 9.47 Å². The third-order valence-corrected chi connectivity index (χ3v) is 8.18. The number of pyridine rings is 1. The summed E-state index contributed by atoms with van der Waals surface area (Å²) < 4.78 is 11.4. The lowest BCUT2D eigenvalue weighted by molar-refractivity contribution is 0.0657. The number of aromatic hydroxyl groups is 1. The molecule has 0 saturated carbocycles. The van der Waals surface area contributed by atoms with Crippen molar-refractivity contribution in [3.05, 3.63) is 125 Å². The quantitative estimate of drug-likeness (QED) is 0.294. The van der Waals surface area contributed by atoms with E-state index >= 15 is 0 Å². The standard InChI is InChI=1S/C35H31N5O5/c1-22-16-27(13-14-36-22)40(26-9-11-28(41)12-10-26)35(43)39-15-5-8-31(37-39)29-18-32-33(45-21-44-32)19-30(29)34(42)38-20-25-7-4-3-6-24(25)17-23(38)2/h3-16,18-19,23,37,41H,17,20-21H2,1-2H3/t23-/m1/s1. The molecule has 3 aliphatic heterocycles. The molecule has 0 fully saturated rings. The van der Waals surface area contributed by atoms with Crippen LogP contribution < -0.4 is 19.8 Å². The number of ether oxygens (including phenoxy) is 2. The maximum absolute atomic E-state index is 14.3. The van der Waals surface area contributed by atoms with Crippen LogP contribution in [0.3, 0.4) is 0 Å². The third-order valence-electron chi connectivity index (χ3n) is 8.18. The summed E-state index contributed by atoms with van der Waals surface area (Å²) in [5, 5.41) is 11.3. The second-order valence-electron chi connectivity index (χ2n) is 11.2. The van der Waals surface area contributed by atoms with Gasteiger partial charge in [-0.05, 0) is 92.1 Å². The SMILES string of the molecule is Cc1cc(N(C(=O)N2C=CC=C(c3cc4c(cc3C(=O)N3Cc5ccccc5C[C@H]3C)OCO4)N2)c2ccc(O)cc2)ccn1. The second-order valence-corrected chi connectivity index (χ2v) is 11.2. The Bertz CT molecular complexity index is 1870. The van der Waals surface area contributed by atoms with Gasteiger partial charge in [0.25, 0.3) is 5.91 Å². The number of amides is 3. The van der Waals surface area contributed by atoms with Crippen molar-refractivity contribution in [2.75, 3.05) is 11.7 Å². The van der Waals surface area contributed by atoms with Gasteiger partial charge in [0.05, 0.1) is 22.6 Å². The van der Waals surface area contributed by atoms with Crippen molar-refractivity contribution < 1.29 is 24.2 Å². The highest BCUT2D eigenvalue weighted by atomic mass is 16.7. The fraction of sp³-hybridized carbons (Fsp3) is 0.171. The van der Waals surface area contributed by atoms with E-state index < -0.39 is 6.03 Å². The molecule has 3 amide bonds. The number of benzene rings is 3. The number of nitrogens with zero attached hydrogens (tertiary/aromatic N) is 4. The molecule has 45 heavy (non-hydrogen) atoms. The topological polar surface area (TPSA) is 107 Å². The van der Waals surface area contributed by atoms with Crippen LogP contribution in [0.15, 0.2) is 97.3 Å². The summed E-state index contributed by atoms with van der Waals surface area (Å²) in [4.78, 5) is 36.1. The Hall–Kier alpha value is -5.77. The van der Waals surface area contributed by atoms with Crippen molar-refractivity contribution in [2.24, 2.45) is 0 Å². The number of phenols is 1. The van der Waals surface area contributed by atoms with Gasteiger partial charge in [-0.3, -0.25) is 20.1 Å².